The number of rotatable bonds is 1. The summed E-state index contributed by atoms with van der Waals surface area (Å²) in [6.07, 6.45) is 1.59. The van der Waals surface area contributed by atoms with Crippen LogP contribution in [0.5, 0.6) is 0 Å². The summed E-state index contributed by atoms with van der Waals surface area (Å²) in [5, 5.41) is 2.84. The Bertz CT molecular complexity index is 594. The summed E-state index contributed by atoms with van der Waals surface area (Å²) in [7, 11) is 0. The van der Waals surface area contributed by atoms with E-state index in [-0.39, 0.29) is 12.5 Å². The third kappa shape index (κ3) is 1.75. The summed E-state index contributed by atoms with van der Waals surface area (Å²) in [5.41, 5.74) is 7.96. The third-order valence-electron chi connectivity index (χ3n) is 2.82. The molecule has 0 aliphatic carbocycles. The van der Waals surface area contributed by atoms with Crippen molar-refractivity contribution in [2.45, 2.75) is 0 Å². The number of fused-ring (bicyclic) bond motifs is 1. The molecule has 3 rings (SSSR count). The van der Waals surface area contributed by atoms with Crippen LogP contribution in [0.15, 0.2) is 42.6 Å². The summed E-state index contributed by atoms with van der Waals surface area (Å²) in [6.45, 7) is 0.258. The Hall–Kier alpha value is -2.56. The average molecular weight is 240 g/mol. The van der Waals surface area contributed by atoms with E-state index in [2.05, 4.69) is 10.3 Å². The van der Waals surface area contributed by atoms with Gasteiger partial charge in [0.25, 0.3) is 0 Å². The predicted octanol–water partition coefficient (Wildman–Crippen LogP) is 1.75. The number of anilines is 4. The topological polar surface area (TPSA) is 71.2 Å². The van der Waals surface area contributed by atoms with E-state index in [1.54, 1.807) is 12.3 Å². The maximum atomic E-state index is 11.7. The Balaban J connectivity index is 2.07. The Labute approximate surface area is 104 Å². The van der Waals surface area contributed by atoms with Crippen LogP contribution in [0, 0.1) is 0 Å². The molecule has 0 fully saturated rings. The minimum Gasteiger partial charge on any atom is -0.397 e. The first-order valence-corrected chi connectivity index (χ1v) is 5.62. The molecule has 0 unspecified atom stereocenters. The molecule has 1 aliphatic rings. The summed E-state index contributed by atoms with van der Waals surface area (Å²) >= 11 is 0. The van der Waals surface area contributed by atoms with Crippen molar-refractivity contribution in [3.05, 3.63) is 42.6 Å². The number of nitrogen functional groups attached to an aromatic ring is 1. The number of carbonyl (C=O) groups excluding carboxylic acids is 1. The van der Waals surface area contributed by atoms with E-state index in [0.717, 1.165) is 11.4 Å². The molecule has 0 saturated carbocycles. The fraction of sp³-hybridized carbons (Fsp3) is 0.0769. The number of aromatic nitrogens is 1. The summed E-state index contributed by atoms with van der Waals surface area (Å²) in [5.74, 6) is 0.666. The van der Waals surface area contributed by atoms with Gasteiger partial charge in [0, 0.05) is 0 Å². The van der Waals surface area contributed by atoms with Crippen LogP contribution in [0.1, 0.15) is 0 Å². The van der Waals surface area contributed by atoms with Crippen molar-refractivity contribution in [2.24, 2.45) is 0 Å². The first-order chi connectivity index (χ1) is 8.74. The molecule has 1 aromatic carbocycles. The zero-order chi connectivity index (χ0) is 12.5. The van der Waals surface area contributed by atoms with Crippen LogP contribution in [0.4, 0.5) is 22.9 Å². The Morgan fingerprint density at radius 2 is 2.06 bits per heavy atom. The van der Waals surface area contributed by atoms with Gasteiger partial charge in [-0.3, -0.25) is 4.79 Å². The quantitative estimate of drug-likeness (QED) is 0.796. The summed E-state index contributed by atoms with van der Waals surface area (Å²) in [4.78, 5) is 17.8. The molecule has 90 valence electrons. The number of pyridine rings is 1. The van der Waals surface area contributed by atoms with E-state index < -0.39 is 0 Å². The standard InChI is InChI=1S/C13H12N4O/c14-9-5-6-12(15-7-9)17-8-13(18)16-10-3-1-2-4-11(10)17/h1-7H,8,14H2,(H,16,18). The fourth-order valence-corrected chi connectivity index (χ4v) is 1.99. The predicted molar refractivity (Wildman–Crippen MR) is 70.7 cm³/mol. The van der Waals surface area contributed by atoms with Crippen LogP contribution in [-0.2, 0) is 4.79 Å². The van der Waals surface area contributed by atoms with E-state index in [9.17, 15) is 4.79 Å². The van der Waals surface area contributed by atoms with Gasteiger partial charge in [-0.1, -0.05) is 12.1 Å². The highest BCUT2D eigenvalue weighted by atomic mass is 16.2. The van der Waals surface area contributed by atoms with Crippen LogP contribution >= 0.6 is 0 Å². The molecular formula is C13H12N4O. The number of nitrogens with zero attached hydrogens (tertiary/aromatic N) is 2. The van der Waals surface area contributed by atoms with Crippen LogP contribution in [0.3, 0.4) is 0 Å². The molecule has 18 heavy (non-hydrogen) atoms. The van der Waals surface area contributed by atoms with Gasteiger partial charge in [0.15, 0.2) is 0 Å². The van der Waals surface area contributed by atoms with Gasteiger partial charge in [-0.15, -0.1) is 0 Å². The van der Waals surface area contributed by atoms with Crippen LogP contribution in [0.2, 0.25) is 0 Å². The molecule has 0 bridgehead atoms. The van der Waals surface area contributed by atoms with Crippen LogP contribution in [-0.4, -0.2) is 17.4 Å². The molecule has 5 nitrogen and oxygen atoms in total. The molecule has 2 aromatic rings. The number of hydrogen-bond donors (Lipinski definition) is 2. The van der Waals surface area contributed by atoms with Gasteiger partial charge in [-0.05, 0) is 24.3 Å². The Morgan fingerprint density at radius 1 is 1.22 bits per heavy atom. The van der Waals surface area contributed by atoms with Gasteiger partial charge in [0.05, 0.1) is 23.3 Å². The number of nitrogens with two attached hydrogens (primary N) is 1. The summed E-state index contributed by atoms with van der Waals surface area (Å²) in [6, 6.07) is 11.2. The lowest BCUT2D eigenvalue weighted by Gasteiger charge is -2.29. The Kier molecular flexibility index (Phi) is 2.37. The van der Waals surface area contributed by atoms with Gasteiger partial charge in [-0.25, -0.2) is 4.98 Å². The number of hydrogen-bond acceptors (Lipinski definition) is 4. The SMILES string of the molecule is Nc1ccc(N2CC(=O)Nc3ccccc32)nc1. The normalized spacial score (nSPS) is 14.0. The number of amides is 1. The second-order valence-corrected chi connectivity index (χ2v) is 4.10. The number of carbonyl (C=O) groups is 1. The second kappa shape index (κ2) is 4.03. The maximum absolute atomic E-state index is 11.7. The highest BCUT2D eigenvalue weighted by Crippen LogP contribution is 2.33. The lowest BCUT2D eigenvalue weighted by atomic mass is 10.2. The second-order valence-electron chi connectivity index (χ2n) is 4.10. The number of nitrogens with one attached hydrogen (secondary N) is 1. The molecule has 2 heterocycles. The van der Waals surface area contributed by atoms with Gasteiger partial charge in [-0.2, -0.15) is 0 Å². The van der Waals surface area contributed by atoms with Crippen LogP contribution < -0.4 is 16.0 Å². The van der Waals surface area contributed by atoms with E-state index in [1.165, 1.54) is 0 Å². The molecule has 3 N–H and O–H groups in total. The third-order valence-corrected chi connectivity index (χ3v) is 2.82. The minimum absolute atomic E-state index is 0.0488. The molecule has 1 aromatic heterocycles. The van der Waals surface area contributed by atoms with Gasteiger partial charge < -0.3 is 16.0 Å². The monoisotopic (exact) mass is 240 g/mol. The van der Waals surface area contributed by atoms with E-state index in [0.29, 0.717) is 11.5 Å². The minimum atomic E-state index is -0.0488. The van der Waals surface area contributed by atoms with Gasteiger partial charge in [0.2, 0.25) is 5.91 Å². The van der Waals surface area contributed by atoms with E-state index >= 15 is 0 Å². The molecule has 0 radical (unpaired) electrons. The Morgan fingerprint density at radius 3 is 2.83 bits per heavy atom. The van der Waals surface area contributed by atoms with Gasteiger partial charge >= 0.3 is 0 Å². The van der Waals surface area contributed by atoms with Crippen molar-refractivity contribution in [1.29, 1.82) is 0 Å². The maximum Gasteiger partial charge on any atom is 0.244 e. The van der Waals surface area contributed by atoms with Crippen molar-refractivity contribution >= 4 is 28.8 Å². The zero-order valence-corrected chi connectivity index (χ0v) is 9.63. The fourth-order valence-electron chi connectivity index (χ4n) is 1.99. The van der Waals surface area contributed by atoms with Crippen molar-refractivity contribution in [3.8, 4) is 0 Å². The molecule has 1 aliphatic heterocycles. The highest BCUT2D eigenvalue weighted by molar-refractivity contribution is 6.02. The first kappa shape index (κ1) is 10.6. The molecule has 0 spiro atoms. The first-order valence-electron chi connectivity index (χ1n) is 5.62. The molecule has 0 atom stereocenters. The largest absolute Gasteiger partial charge is 0.397 e. The molecule has 0 saturated heterocycles. The lowest BCUT2D eigenvalue weighted by molar-refractivity contribution is -0.115. The highest BCUT2D eigenvalue weighted by Gasteiger charge is 2.23. The zero-order valence-electron chi connectivity index (χ0n) is 9.63. The van der Waals surface area contributed by atoms with E-state index in [4.69, 9.17) is 5.73 Å². The summed E-state index contributed by atoms with van der Waals surface area (Å²) < 4.78 is 0. The number of para-hydroxylation sites is 2. The average Bonchev–Trinajstić information content (AvgIpc) is 2.38. The van der Waals surface area contributed by atoms with E-state index in [1.807, 2.05) is 35.2 Å². The van der Waals surface area contributed by atoms with Crippen molar-refractivity contribution in [3.63, 3.8) is 0 Å². The van der Waals surface area contributed by atoms with Crippen molar-refractivity contribution in [1.82, 2.24) is 4.98 Å². The number of benzene rings is 1. The smallest absolute Gasteiger partial charge is 0.244 e. The van der Waals surface area contributed by atoms with Gasteiger partial charge in [0.1, 0.15) is 12.4 Å². The van der Waals surface area contributed by atoms with Crippen LogP contribution in [0.25, 0.3) is 0 Å². The van der Waals surface area contributed by atoms with Crippen molar-refractivity contribution < 1.29 is 4.79 Å². The molecule has 1 amide bonds. The molecule has 5 heteroatoms. The molecular weight excluding hydrogens is 228 g/mol. The lowest BCUT2D eigenvalue weighted by Crippen LogP contribution is -2.35. The van der Waals surface area contributed by atoms with Crippen molar-refractivity contribution in [2.75, 3.05) is 22.5 Å².